The number of carbonyl (C=O) groups is 1. The maximum absolute atomic E-state index is 12.7. The third-order valence-electron chi connectivity index (χ3n) is 5.43. The van der Waals surface area contributed by atoms with Crippen molar-refractivity contribution in [3.63, 3.8) is 0 Å². The second kappa shape index (κ2) is 10.2. The summed E-state index contributed by atoms with van der Waals surface area (Å²) in [5, 5.41) is 9.96. The van der Waals surface area contributed by atoms with Crippen LogP contribution in [0.1, 0.15) is 67.2 Å². The van der Waals surface area contributed by atoms with Crippen molar-refractivity contribution in [1.82, 2.24) is 15.5 Å². The van der Waals surface area contributed by atoms with Crippen LogP contribution in [0.2, 0.25) is 0 Å². The Labute approximate surface area is 180 Å². The first kappa shape index (κ1) is 22.5. The summed E-state index contributed by atoms with van der Waals surface area (Å²) in [6.45, 7) is 3.51. The van der Waals surface area contributed by atoms with Gasteiger partial charge in [0.05, 0.1) is 11.7 Å². The Morgan fingerprint density at radius 3 is 2.26 bits per heavy atom. The lowest BCUT2D eigenvalue weighted by Gasteiger charge is -2.18. The van der Waals surface area contributed by atoms with Crippen molar-refractivity contribution in [2.24, 2.45) is 0 Å². The number of aromatic nitrogens is 2. The minimum absolute atomic E-state index is 0.0670. The fourth-order valence-electron chi connectivity index (χ4n) is 3.34. The minimum atomic E-state index is -2.87. The first-order valence-corrected chi connectivity index (χ1v) is 10.4. The van der Waals surface area contributed by atoms with Gasteiger partial charge in [-0.05, 0) is 60.2 Å². The molecule has 31 heavy (non-hydrogen) atoms. The molecule has 1 amide bonds. The van der Waals surface area contributed by atoms with E-state index in [1.807, 2.05) is 6.92 Å². The predicted octanol–water partition coefficient (Wildman–Crippen LogP) is 6.07. The molecule has 5 nitrogen and oxygen atoms in total. The van der Waals surface area contributed by atoms with E-state index >= 15 is 0 Å². The summed E-state index contributed by atoms with van der Waals surface area (Å²) in [4.78, 5) is 12.7. The number of ether oxygens (including phenoxy) is 1. The molecule has 0 saturated heterocycles. The lowest BCUT2D eigenvalue weighted by Crippen LogP contribution is -2.28. The molecule has 1 heterocycles. The summed E-state index contributed by atoms with van der Waals surface area (Å²) >= 11 is 0. The van der Waals surface area contributed by atoms with Crippen LogP contribution in [0.3, 0.4) is 0 Å². The average molecular weight is 427 g/mol. The van der Waals surface area contributed by atoms with Crippen LogP contribution in [0.4, 0.5) is 8.78 Å². The molecule has 7 heteroatoms. The van der Waals surface area contributed by atoms with Gasteiger partial charge in [-0.3, -0.25) is 9.89 Å². The molecule has 0 aliphatic rings. The largest absolute Gasteiger partial charge is 0.435 e. The Hall–Kier alpha value is -3.22. The standard InChI is InChI=1S/C24H27F2N3O2/c1-4-15(3)16-6-8-17(9-7-16)20(5-2)27-23(30)22-14-21(28-29-22)18-10-12-19(13-11-18)31-24(25)26/h6-15,20,24H,4-5H2,1-3H3,(H,27,30)(H,28,29). The van der Waals surface area contributed by atoms with Crippen LogP contribution in [-0.4, -0.2) is 22.7 Å². The number of amides is 1. The van der Waals surface area contributed by atoms with E-state index in [2.05, 4.69) is 58.4 Å². The van der Waals surface area contributed by atoms with Gasteiger partial charge in [-0.2, -0.15) is 13.9 Å². The first-order chi connectivity index (χ1) is 14.9. The van der Waals surface area contributed by atoms with Gasteiger partial charge in [0.1, 0.15) is 11.4 Å². The van der Waals surface area contributed by atoms with Gasteiger partial charge in [0.15, 0.2) is 0 Å². The van der Waals surface area contributed by atoms with Crippen molar-refractivity contribution in [1.29, 1.82) is 0 Å². The summed E-state index contributed by atoms with van der Waals surface area (Å²) in [7, 11) is 0. The minimum Gasteiger partial charge on any atom is -0.435 e. The zero-order valence-corrected chi connectivity index (χ0v) is 17.9. The van der Waals surface area contributed by atoms with Crippen LogP contribution in [0, 0.1) is 0 Å². The number of nitrogens with one attached hydrogen (secondary N) is 2. The monoisotopic (exact) mass is 427 g/mol. The van der Waals surface area contributed by atoms with Crippen molar-refractivity contribution in [2.45, 2.75) is 52.2 Å². The third kappa shape index (κ3) is 5.69. The fraction of sp³-hybridized carbons (Fsp3) is 0.333. The van der Waals surface area contributed by atoms with Gasteiger partial charge in [0.25, 0.3) is 5.91 Å². The highest BCUT2D eigenvalue weighted by Crippen LogP contribution is 2.24. The van der Waals surface area contributed by atoms with Crippen LogP contribution in [0.15, 0.2) is 54.6 Å². The summed E-state index contributed by atoms with van der Waals surface area (Å²) in [5.41, 5.74) is 3.90. The Morgan fingerprint density at radius 2 is 1.68 bits per heavy atom. The number of H-pyrrole nitrogens is 1. The van der Waals surface area contributed by atoms with Gasteiger partial charge in [-0.25, -0.2) is 0 Å². The van der Waals surface area contributed by atoms with E-state index in [4.69, 9.17) is 0 Å². The summed E-state index contributed by atoms with van der Waals surface area (Å²) in [6.07, 6.45) is 1.83. The number of rotatable bonds is 9. The Morgan fingerprint density at radius 1 is 1.03 bits per heavy atom. The Kier molecular flexibility index (Phi) is 7.39. The van der Waals surface area contributed by atoms with Crippen molar-refractivity contribution in [2.75, 3.05) is 0 Å². The summed E-state index contributed by atoms with van der Waals surface area (Å²) < 4.78 is 28.9. The molecule has 0 radical (unpaired) electrons. The lowest BCUT2D eigenvalue weighted by molar-refractivity contribution is -0.0498. The zero-order chi connectivity index (χ0) is 22.4. The van der Waals surface area contributed by atoms with E-state index in [9.17, 15) is 13.6 Å². The van der Waals surface area contributed by atoms with Gasteiger partial charge >= 0.3 is 6.61 Å². The first-order valence-electron chi connectivity index (χ1n) is 10.4. The SMILES string of the molecule is CCC(C)c1ccc(C(CC)NC(=O)c2cc(-c3ccc(OC(F)F)cc3)n[nH]2)cc1. The van der Waals surface area contributed by atoms with Gasteiger partial charge in [-0.1, -0.05) is 45.0 Å². The van der Waals surface area contributed by atoms with E-state index < -0.39 is 6.61 Å². The highest BCUT2D eigenvalue weighted by Gasteiger charge is 2.17. The summed E-state index contributed by atoms with van der Waals surface area (Å²) in [6, 6.07) is 16.0. The van der Waals surface area contributed by atoms with Gasteiger partial charge in [-0.15, -0.1) is 0 Å². The number of halogens is 2. The molecular weight excluding hydrogens is 400 g/mol. The van der Waals surface area contributed by atoms with Crippen LogP contribution in [0.25, 0.3) is 11.3 Å². The number of nitrogens with zero attached hydrogens (tertiary/aromatic N) is 1. The highest BCUT2D eigenvalue weighted by molar-refractivity contribution is 5.93. The van der Waals surface area contributed by atoms with Gasteiger partial charge in [0.2, 0.25) is 0 Å². The lowest BCUT2D eigenvalue weighted by atomic mass is 9.95. The number of carbonyl (C=O) groups excluding carboxylic acids is 1. The molecule has 0 spiro atoms. The molecule has 0 aliphatic heterocycles. The molecule has 2 unspecified atom stereocenters. The molecule has 3 aromatic rings. The van der Waals surface area contributed by atoms with Crippen LogP contribution in [0.5, 0.6) is 5.75 Å². The van der Waals surface area contributed by atoms with Crippen molar-refractivity contribution in [3.05, 3.63) is 71.4 Å². The molecular formula is C24H27F2N3O2. The third-order valence-corrected chi connectivity index (χ3v) is 5.43. The highest BCUT2D eigenvalue weighted by atomic mass is 19.3. The zero-order valence-electron chi connectivity index (χ0n) is 17.9. The second-order valence-corrected chi connectivity index (χ2v) is 7.48. The molecule has 0 fully saturated rings. The maximum Gasteiger partial charge on any atom is 0.387 e. The van der Waals surface area contributed by atoms with Crippen molar-refractivity contribution in [3.8, 4) is 17.0 Å². The Bertz CT molecular complexity index is 985. The maximum atomic E-state index is 12.7. The molecule has 2 atom stereocenters. The average Bonchev–Trinajstić information content (AvgIpc) is 3.27. The molecule has 0 bridgehead atoms. The number of hydrogen-bond donors (Lipinski definition) is 2. The number of benzene rings is 2. The van der Waals surface area contributed by atoms with Gasteiger partial charge < -0.3 is 10.1 Å². The molecule has 0 aliphatic carbocycles. The molecule has 164 valence electrons. The van der Waals surface area contributed by atoms with E-state index in [0.717, 1.165) is 18.4 Å². The Balaban J connectivity index is 1.68. The predicted molar refractivity (Wildman–Crippen MR) is 116 cm³/mol. The second-order valence-electron chi connectivity index (χ2n) is 7.48. The van der Waals surface area contributed by atoms with E-state index in [1.165, 1.54) is 17.7 Å². The van der Waals surface area contributed by atoms with E-state index in [-0.39, 0.29) is 17.7 Å². The van der Waals surface area contributed by atoms with E-state index in [1.54, 1.807) is 18.2 Å². The fourth-order valence-corrected chi connectivity index (χ4v) is 3.34. The van der Waals surface area contributed by atoms with Crippen molar-refractivity contribution >= 4 is 5.91 Å². The number of aromatic amines is 1. The quantitative estimate of drug-likeness (QED) is 0.435. The number of hydrogen-bond acceptors (Lipinski definition) is 3. The normalized spacial score (nSPS) is 13.1. The molecule has 2 N–H and O–H groups in total. The van der Waals surface area contributed by atoms with Crippen LogP contribution in [-0.2, 0) is 0 Å². The molecule has 2 aromatic carbocycles. The summed E-state index contributed by atoms with van der Waals surface area (Å²) in [5.74, 6) is 0.315. The van der Waals surface area contributed by atoms with Crippen molar-refractivity contribution < 1.29 is 18.3 Å². The molecule has 0 saturated carbocycles. The topological polar surface area (TPSA) is 67.0 Å². The van der Waals surface area contributed by atoms with E-state index in [0.29, 0.717) is 22.9 Å². The smallest absolute Gasteiger partial charge is 0.387 e. The van der Waals surface area contributed by atoms with Crippen LogP contribution >= 0.6 is 0 Å². The molecule has 1 aromatic heterocycles. The molecule has 3 rings (SSSR count). The van der Waals surface area contributed by atoms with Gasteiger partial charge in [0, 0.05) is 5.56 Å². The van der Waals surface area contributed by atoms with Crippen LogP contribution < -0.4 is 10.1 Å². The number of alkyl halides is 2.